The maximum Gasteiger partial charge on any atom is 0.187 e. The van der Waals surface area contributed by atoms with Crippen molar-refractivity contribution in [1.29, 1.82) is 0 Å². The first-order valence-electron chi connectivity index (χ1n) is 10.8. The number of aliphatic hydroxyl groups is 5. The molecule has 0 spiro atoms. The monoisotopic (exact) mass is 496 g/mol. The van der Waals surface area contributed by atoms with Gasteiger partial charge in [0.2, 0.25) is 0 Å². The van der Waals surface area contributed by atoms with Gasteiger partial charge < -0.3 is 59.4 Å². The number of methoxy groups -OCH3 is 2. The largest absolute Gasteiger partial charge is 0.507 e. The number of fused-ring (bicyclic) bond motifs is 1. The smallest absolute Gasteiger partial charge is 0.187 e. The van der Waals surface area contributed by atoms with E-state index in [0.29, 0.717) is 5.56 Å². The Morgan fingerprint density at radius 3 is 2.26 bits per heavy atom. The molecule has 12 nitrogen and oxygen atoms in total. The van der Waals surface area contributed by atoms with Crippen LogP contribution in [0, 0.1) is 0 Å². The lowest BCUT2D eigenvalue weighted by molar-refractivity contribution is -0.325. The Bertz CT molecular complexity index is 1040. The van der Waals surface area contributed by atoms with E-state index >= 15 is 0 Å². The van der Waals surface area contributed by atoms with Gasteiger partial charge in [-0.15, -0.1) is 0 Å². The van der Waals surface area contributed by atoms with Gasteiger partial charge in [0.15, 0.2) is 23.9 Å². The van der Waals surface area contributed by atoms with Crippen molar-refractivity contribution in [3.05, 3.63) is 41.5 Å². The Kier molecular flexibility index (Phi) is 7.24. The summed E-state index contributed by atoms with van der Waals surface area (Å²) in [7, 11) is 2.77. The average Bonchev–Trinajstić information content (AvgIpc) is 2.85. The molecule has 2 aliphatic rings. The summed E-state index contributed by atoms with van der Waals surface area (Å²) < 4.78 is 27.6. The van der Waals surface area contributed by atoms with E-state index in [-0.39, 0.29) is 34.3 Å². The molecule has 4 rings (SSSR count). The van der Waals surface area contributed by atoms with E-state index in [1.54, 1.807) is 6.07 Å². The third kappa shape index (κ3) is 4.57. The molecule has 192 valence electrons. The Balaban J connectivity index is 1.75. The minimum absolute atomic E-state index is 0.0191. The Morgan fingerprint density at radius 2 is 1.63 bits per heavy atom. The van der Waals surface area contributed by atoms with Crippen molar-refractivity contribution in [2.45, 2.75) is 49.0 Å². The molecule has 35 heavy (non-hydrogen) atoms. The zero-order chi connectivity index (χ0) is 25.4. The van der Waals surface area contributed by atoms with E-state index in [1.165, 1.54) is 38.5 Å². The predicted octanol–water partition coefficient (Wildman–Crippen LogP) is -0.533. The zero-order valence-electron chi connectivity index (χ0n) is 18.9. The van der Waals surface area contributed by atoms with E-state index < -0.39 is 55.6 Å². The maximum absolute atomic E-state index is 11.2. The van der Waals surface area contributed by atoms with Crippen LogP contribution in [0.25, 0.3) is 0 Å². The minimum atomic E-state index is -1.74. The van der Waals surface area contributed by atoms with Gasteiger partial charge in [-0.1, -0.05) is 6.07 Å². The summed E-state index contributed by atoms with van der Waals surface area (Å²) in [6, 6.07) is 7.11. The molecule has 0 saturated carbocycles. The molecule has 2 heterocycles. The van der Waals surface area contributed by atoms with Crippen LogP contribution in [0.2, 0.25) is 0 Å². The molecule has 0 amide bonds. The molecule has 0 aromatic heterocycles. The first-order chi connectivity index (χ1) is 16.7. The Hall–Kier alpha value is -2.84. The number of hydrogen-bond acceptors (Lipinski definition) is 12. The molecule has 0 radical (unpaired) electrons. The van der Waals surface area contributed by atoms with E-state index in [9.17, 15) is 35.7 Å². The molecule has 0 bridgehead atoms. The van der Waals surface area contributed by atoms with Gasteiger partial charge in [-0.2, -0.15) is 0 Å². The first kappa shape index (κ1) is 25.3. The number of rotatable bonds is 6. The van der Waals surface area contributed by atoms with Gasteiger partial charge in [-0.25, -0.2) is 0 Å². The molecule has 1 saturated heterocycles. The van der Waals surface area contributed by atoms with Crippen molar-refractivity contribution >= 4 is 0 Å². The van der Waals surface area contributed by atoms with Crippen LogP contribution in [-0.2, 0) is 9.47 Å². The summed E-state index contributed by atoms with van der Waals surface area (Å²) in [5, 5.41) is 72.1. The van der Waals surface area contributed by atoms with Gasteiger partial charge in [0.05, 0.1) is 26.4 Å². The van der Waals surface area contributed by atoms with Crippen LogP contribution in [0.4, 0.5) is 0 Å². The summed E-state index contributed by atoms with van der Waals surface area (Å²) in [6.07, 6.45) is -11.9. The van der Waals surface area contributed by atoms with Gasteiger partial charge in [0.1, 0.15) is 53.9 Å². The SMILES string of the molecule is COc1cc(O)c2c(c1)OC(c1ccc(OC)c(O)c1)C(OC1OC(CO)C(O)C(O)C1O)C2O. The van der Waals surface area contributed by atoms with E-state index in [0.717, 1.165) is 0 Å². The number of ether oxygens (including phenoxy) is 5. The quantitative estimate of drug-likeness (QED) is 0.271. The minimum Gasteiger partial charge on any atom is -0.507 e. The van der Waals surface area contributed by atoms with Crippen LogP contribution in [0.3, 0.4) is 0 Å². The van der Waals surface area contributed by atoms with Crippen molar-refractivity contribution in [3.8, 4) is 28.7 Å². The molecule has 2 aromatic rings. The highest BCUT2D eigenvalue weighted by atomic mass is 16.7. The molecule has 8 atom stereocenters. The summed E-state index contributed by atoms with van der Waals surface area (Å²) in [4.78, 5) is 0. The van der Waals surface area contributed by atoms with Gasteiger partial charge in [0.25, 0.3) is 0 Å². The lowest BCUT2D eigenvalue weighted by atomic mass is 9.90. The number of aromatic hydroxyl groups is 2. The van der Waals surface area contributed by atoms with E-state index in [4.69, 9.17) is 23.7 Å². The predicted molar refractivity (Wildman–Crippen MR) is 116 cm³/mol. The van der Waals surface area contributed by atoms with Crippen molar-refractivity contribution in [2.75, 3.05) is 20.8 Å². The lowest BCUT2D eigenvalue weighted by Gasteiger charge is -2.44. The fourth-order valence-electron chi connectivity index (χ4n) is 4.26. The van der Waals surface area contributed by atoms with Gasteiger partial charge in [-0.05, 0) is 17.7 Å². The molecule has 8 unspecified atom stereocenters. The molecule has 1 fully saturated rings. The third-order valence-electron chi connectivity index (χ3n) is 6.16. The lowest BCUT2D eigenvalue weighted by Crippen LogP contribution is -2.60. The van der Waals surface area contributed by atoms with Crippen LogP contribution in [0.5, 0.6) is 28.7 Å². The normalized spacial score (nSPS) is 32.4. The maximum atomic E-state index is 11.2. The van der Waals surface area contributed by atoms with Crippen molar-refractivity contribution in [1.82, 2.24) is 0 Å². The molecule has 12 heteroatoms. The number of phenols is 2. The average molecular weight is 496 g/mol. The Labute approximate surface area is 200 Å². The topological polar surface area (TPSA) is 188 Å². The van der Waals surface area contributed by atoms with Crippen LogP contribution in [0.15, 0.2) is 30.3 Å². The summed E-state index contributed by atoms with van der Waals surface area (Å²) in [6.45, 7) is -0.673. The standard InChI is InChI=1S/C23H28O12/c1-31-10-6-12(26)16-14(7-10)33-21(9-3-4-13(32-2)11(25)5-9)22(18(16)28)35-23-20(30)19(29)17(27)15(8-24)34-23/h3-7,15,17-30H,8H2,1-2H3. The summed E-state index contributed by atoms with van der Waals surface area (Å²) in [5.41, 5.74) is 0.319. The van der Waals surface area contributed by atoms with Crippen LogP contribution in [-0.4, -0.2) is 93.4 Å². The van der Waals surface area contributed by atoms with Gasteiger partial charge in [0, 0.05) is 12.1 Å². The first-order valence-corrected chi connectivity index (χ1v) is 10.8. The van der Waals surface area contributed by atoms with Crippen LogP contribution in [0.1, 0.15) is 23.3 Å². The van der Waals surface area contributed by atoms with E-state index in [1.807, 2.05) is 0 Å². The molecular weight excluding hydrogens is 468 g/mol. The zero-order valence-corrected chi connectivity index (χ0v) is 18.9. The molecule has 2 aliphatic heterocycles. The molecular formula is C23H28O12. The van der Waals surface area contributed by atoms with Gasteiger partial charge in [-0.3, -0.25) is 0 Å². The highest BCUT2D eigenvalue weighted by Gasteiger charge is 2.49. The van der Waals surface area contributed by atoms with Crippen molar-refractivity contribution in [3.63, 3.8) is 0 Å². The second-order valence-electron chi connectivity index (χ2n) is 8.27. The van der Waals surface area contributed by atoms with Crippen molar-refractivity contribution < 1.29 is 59.4 Å². The van der Waals surface area contributed by atoms with E-state index in [2.05, 4.69) is 0 Å². The molecule has 0 aliphatic carbocycles. The number of phenolic OH excluding ortho intramolecular Hbond substituents is 2. The molecule has 2 aromatic carbocycles. The Morgan fingerprint density at radius 1 is 0.886 bits per heavy atom. The highest BCUT2D eigenvalue weighted by molar-refractivity contribution is 5.53. The number of aliphatic hydroxyl groups excluding tert-OH is 5. The van der Waals surface area contributed by atoms with Crippen molar-refractivity contribution in [2.24, 2.45) is 0 Å². The fraction of sp³-hybridized carbons (Fsp3) is 0.478. The summed E-state index contributed by atoms with van der Waals surface area (Å²) >= 11 is 0. The number of benzene rings is 2. The van der Waals surface area contributed by atoms with Crippen LogP contribution < -0.4 is 14.2 Å². The second-order valence-corrected chi connectivity index (χ2v) is 8.27. The number of hydrogen-bond donors (Lipinski definition) is 7. The second kappa shape index (κ2) is 10.0. The third-order valence-corrected chi connectivity index (χ3v) is 6.16. The van der Waals surface area contributed by atoms with Crippen LogP contribution >= 0.6 is 0 Å². The molecule has 7 N–H and O–H groups in total. The summed E-state index contributed by atoms with van der Waals surface area (Å²) in [5.74, 6) is -0.0168. The highest BCUT2D eigenvalue weighted by Crippen LogP contribution is 2.49. The fourth-order valence-corrected chi connectivity index (χ4v) is 4.26. The van der Waals surface area contributed by atoms with Gasteiger partial charge >= 0.3 is 0 Å².